The van der Waals surface area contributed by atoms with Gasteiger partial charge in [-0.05, 0) is 63.8 Å². The molecular weight excluding hydrogens is 342 g/mol. The molecule has 0 saturated carbocycles. The van der Waals surface area contributed by atoms with Crippen LogP contribution >= 0.6 is 7.80 Å². The summed E-state index contributed by atoms with van der Waals surface area (Å²) in [5.74, 6) is 0. The van der Waals surface area contributed by atoms with Crippen LogP contribution in [0, 0.1) is 41.5 Å². The summed E-state index contributed by atoms with van der Waals surface area (Å²) in [4.78, 5) is 25.4. The Balaban J connectivity index is 0.00000312. The molecule has 0 fully saturated rings. The predicted molar refractivity (Wildman–Crippen MR) is 105 cm³/mol. The first-order chi connectivity index (χ1) is 11.1. The van der Waals surface area contributed by atoms with E-state index in [1.54, 1.807) is 0 Å². The second-order valence-corrected chi connectivity index (χ2v) is 7.85. The molecule has 5 heteroatoms. The summed E-state index contributed by atoms with van der Waals surface area (Å²) in [5.41, 5.74) is 4.74. The number of hydrogen-bond donors (Lipinski definition) is 0. The molecule has 0 heterocycles. The molecule has 0 amide bonds. The third-order valence-corrected chi connectivity index (χ3v) is 5.34. The van der Waals surface area contributed by atoms with Crippen LogP contribution in [-0.4, -0.2) is 40.6 Å². The van der Waals surface area contributed by atoms with Gasteiger partial charge in [-0.2, -0.15) is 0 Å². The molecule has 2 rings (SSSR count). The fourth-order valence-corrected chi connectivity index (χ4v) is 4.63. The second-order valence-electron chi connectivity index (χ2n) is 6.45. The Morgan fingerprint density at radius 1 is 0.640 bits per heavy atom. The van der Waals surface area contributed by atoms with E-state index >= 15 is 0 Å². The molecule has 0 aliphatic rings. The van der Waals surface area contributed by atoms with Crippen LogP contribution < -0.4 is 0 Å². The van der Waals surface area contributed by atoms with E-state index in [4.69, 9.17) is 0 Å². The second kappa shape index (κ2) is 8.51. The Morgan fingerprint density at radius 2 is 0.880 bits per heavy atom. The van der Waals surface area contributed by atoms with Crippen LogP contribution in [0.15, 0.2) is 24.3 Å². The van der Waals surface area contributed by atoms with Gasteiger partial charge in [0.05, 0.1) is 0 Å². The third-order valence-electron chi connectivity index (χ3n) is 4.15. The SMILES string of the molecule is Cc1cc(C)c(C(=O)[P](=O)C(=O)c2c(C)cc(C)cc2C)c(C)c1.[NaH]. The fourth-order valence-electron chi connectivity index (χ4n) is 3.33. The van der Waals surface area contributed by atoms with Crippen LogP contribution in [0.25, 0.3) is 0 Å². The molecule has 2 aromatic carbocycles. The van der Waals surface area contributed by atoms with Crippen LogP contribution in [0.2, 0.25) is 0 Å². The monoisotopic (exact) mass is 365 g/mol. The molecule has 0 spiro atoms. The average molecular weight is 365 g/mol. The van der Waals surface area contributed by atoms with Gasteiger partial charge < -0.3 is 0 Å². The van der Waals surface area contributed by atoms with Crippen LogP contribution in [0.3, 0.4) is 0 Å². The topological polar surface area (TPSA) is 51.2 Å². The summed E-state index contributed by atoms with van der Waals surface area (Å²) in [6.07, 6.45) is 0. The number of benzene rings is 2. The van der Waals surface area contributed by atoms with Gasteiger partial charge >= 0.3 is 29.6 Å². The van der Waals surface area contributed by atoms with Crippen molar-refractivity contribution in [2.24, 2.45) is 0 Å². The van der Waals surface area contributed by atoms with E-state index in [1.807, 2.05) is 65.8 Å². The van der Waals surface area contributed by atoms with Crippen molar-refractivity contribution in [3.63, 3.8) is 0 Å². The van der Waals surface area contributed by atoms with Gasteiger partial charge in [-0.3, -0.25) is 14.2 Å². The van der Waals surface area contributed by atoms with Crippen molar-refractivity contribution in [3.05, 3.63) is 68.8 Å². The average Bonchev–Trinajstić information content (AvgIpc) is 2.43. The number of hydrogen-bond acceptors (Lipinski definition) is 3. The van der Waals surface area contributed by atoms with Crippen LogP contribution in [0.1, 0.15) is 54.1 Å². The summed E-state index contributed by atoms with van der Waals surface area (Å²) < 4.78 is 12.7. The van der Waals surface area contributed by atoms with E-state index in [0.717, 1.165) is 33.4 Å². The standard InChI is InChI=1S/C20H22O3P.Na.H/c1-11-7-13(3)17(14(4)8-11)19(21)24(23)20(22)18-15(5)9-12(2)10-16(18)6;;/h7-10H,1-6H3;;. The van der Waals surface area contributed by atoms with Crippen LogP contribution in [0.4, 0.5) is 0 Å². The number of aryl methyl sites for hydroxylation is 6. The van der Waals surface area contributed by atoms with Gasteiger partial charge in [0.1, 0.15) is 0 Å². The van der Waals surface area contributed by atoms with Crippen molar-refractivity contribution in [3.8, 4) is 0 Å². The van der Waals surface area contributed by atoms with Crippen molar-refractivity contribution >= 4 is 48.4 Å². The maximum atomic E-state index is 12.7. The normalized spacial score (nSPS) is 10.2. The summed E-state index contributed by atoms with van der Waals surface area (Å²) in [5, 5.41) is 0. The Kier molecular flexibility index (Phi) is 7.46. The zero-order chi connectivity index (χ0) is 18.2. The van der Waals surface area contributed by atoms with Crippen LogP contribution in [0.5, 0.6) is 0 Å². The first-order valence-electron chi connectivity index (χ1n) is 7.85. The van der Waals surface area contributed by atoms with Gasteiger partial charge in [0, 0.05) is 11.1 Å². The number of carbonyl (C=O) groups excluding carboxylic acids is 2. The van der Waals surface area contributed by atoms with E-state index in [1.165, 1.54) is 0 Å². The van der Waals surface area contributed by atoms with Crippen molar-refractivity contribution in [2.45, 2.75) is 41.5 Å². The van der Waals surface area contributed by atoms with Gasteiger partial charge in [0.25, 0.3) is 0 Å². The first-order valence-corrected chi connectivity index (χ1v) is 9.11. The molecular formula is C20H23NaO3P. The summed E-state index contributed by atoms with van der Waals surface area (Å²) in [6, 6.07) is 7.49. The molecule has 25 heavy (non-hydrogen) atoms. The molecule has 0 saturated heterocycles. The molecule has 0 aromatic heterocycles. The molecule has 0 aliphatic carbocycles. The maximum absolute atomic E-state index is 12.7. The molecule has 127 valence electrons. The third kappa shape index (κ3) is 4.54. The van der Waals surface area contributed by atoms with Crippen LogP contribution in [-0.2, 0) is 4.57 Å². The van der Waals surface area contributed by atoms with Crippen molar-refractivity contribution in [1.29, 1.82) is 0 Å². The van der Waals surface area contributed by atoms with E-state index in [2.05, 4.69) is 0 Å². The summed E-state index contributed by atoms with van der Waals surface area (Å²) in [7, 11) is -2.67. The van der Waals surface area contributed by atoms with Gasteiger partial charge in [-0.1, -0.05) is 35.4 Å². The number of carbonyl (C=O) groups is 2. The Bertz CT molecular complexity index is 767. The van der Waals surface area contributed by atoms with Crippen molar-refractivity contribution < 1.29 is 14.2 Å². The zero-order valence-corrected chi connectivity index (χ0v) is 15.9. The van der Waals surface area contributed by atoms with Gasteiger partial charge in [0.15, 0.2) is 0 Å². The quantitative estimate of drug-likeness (QED) is 0.583. The molecule has 2 aromatic rings. The van der Waals surface area contributed by atoms with E-state index < -0.39 is 18.8 Å². The van der Waals surface area contributed by atoms with Gasteiger partial charge in [-0.15, -0.1) is 0 Å². The first kappa shape index (κ1) is 21.9. The Morgan fingerprint density at radius 3 is 1.12 bits per heavy atom. The molecule has 0 bridgehead atoms. The minimum absolute atomic E-state index is 0. The van der Waals surface area contributed by atoms with E-state index in [0.29, 0.717) is 11.1 Å². The molecule has 0 N–H and O–H groups in total. The van der Waals surface area contributed by atoms with E-state index in [9.17, 15) is 14.2 Å². The summed E-state index contributed by atoms with van der Waals surface area (Å²) >= 11 is 0. The Hall–Kier alpha value is -1.12. The van der Waals surface area contributed by atoms with Gasteiger partial charge in [0.2, 0.25) is 18.8 Å². The molecule has 0 aliphatic heterocycles. The molecule has 0 unspecified atom stereocenters. The Labute approximate surface area is 172 Å². The van der Waals surface area contributed by atoms with Gasteiger partial charge in [-0.25, -0.2) is 0 Å². The zero-order valence-electron chi connectivity index (χ0n) is 15.0. The van der Waals surface area contributed by atoms with Crippen molar-refractivity contribution in [2.75, 3.05) is 0 Å². The minimum atomic E-state index is -2.67. The van der Waals surface area contributed by atoms with Crippen molar-refractivity contribution in [1.82, 2.24) is 0 Å². The summed E-state index contributed by atoms with van der Waals surface area (Å²) in [6.45, 7) is 11.1. The molecule has 1 radical (unpaired) electrons. The predicted octanol–water partition coefficient (Wildman–Crippen LogP) is 4.70. The molecule has 3 nitrogen and oxygen atoms in total. The van der Waals surface area contributed by atoms with E-state index in [-0.39, 0.29) is 29.6 Å². The fraction of sp³-hybridized carbons (Fsp3) is 0.300. The molecule has 0 atom stereocenters. The number of rotatable bonds is 4.